The molecule has 1 fully saturated rings. The Kier molecular flexibility index (Phi) is 9.58. The Hall–Kier alpha value is -2.13. The Morgan fingerprint density at radius 3 is 2.43 bits per heavy atom. The standard InChI is InChI=1S/C23H31N5O.HI/c1-17-14-21(12-13-28(17)16-19-6-4-3-5-7-19)27-23(25-2)26-15-18-8-10-20(11-9-18)22(24)29;/h3-11,17,21H,12-16H2,1-2H3,(H2,24,29)(H2,25,26,27);1H. The third kappa shape index (κ3) is 6.98. The number of likely N-dealkylation sites (tertiary alicyclic amines) is 1. The van der Waals surface area contributed by atoms with Gasteiger partial charge in [-0.15, -0.1) is 24.0 Å². The third-order valence-electron chi connectivity index (χ3n) is 5.51. The van der Waals surface area contributed by atoms with Crippen LogP contribution in [0.5, 0.6) is 0 Å². The first-order valence-electron chi connectivity index (χ1n) is 10.2. The van der Waals surface area contributed by atoms with E-state index in [0.29, 0.717) is 24.2 Å². The quantitative estimate of drug-likeness (QED) is 0.310. The lowest BCUT2D eigenvalue weighted by Gasteiger charge is -2.38. The minimum atomic E-state index is -0.408. The molecule has 7 heteroatoms. The maximum atomic E-state index is 11.2. The highest BCUT2D eigenvalue weighted by atomic mass is 127. The first kappa shape index (κ1) is 24.1. The zero-order valence-corrected chi connectivity index (χ0v) is 20.0. The van der Waals surface area contributed by atoms with Crippen molar-refractivity contribution in [3.8, 4) is 0 Å². The average molecular weight is 521 g/mol. The van der Waals surface area contributed by atoms with Crippen LogP contribution >= 0.6 is 24.0 Å². The maximum absolute atomic E-state index is 11.2. The average Bonchev–Trinajstić information content (AvgIpc) is 2.74. The van der Waals surface area contributed by atoms with Gasteiger partial charge in [-0.25, -0.2) is 0 Å². The van der Waals surface area contributed by atoms with E-state index in [0.717, 1.165) is 37.5 Å². The van der Waals surface area contributed by atoms with Gasteiger partial charge in [0.25, 0.3) is 0 Å². The molecule has 0 spiro atoms. The van der Waals surface area contributed by atoms with Crippen molar-refractivity contribution in [3.05, 3.63) is 71.3 Å². The molecule has 1 amide bonds. The second-order valence-electron chi connectivity index (χ2n) is 7.66. The Bertz CT molecular complexity index is 825. The van der Waals surface area contributed by atoms with Crippen molar-refractivity contribution in [3.63, 3.8) is 0 Å². The lowest BCUT2D eigenvalue weighted by atomic mass is 9.97. The lowest BCUT2D eigenvalue weighted by Crippen LogP contribution is -2.51. The molecular formula is C23H32IN5O. The smallest absolute Gasteiger partial charge is 0.248 e. The molecule has 1 saturated heterocycles. The van der Waals surface area contributed by atoms with Crippen molar-refractivity contribution in [2.45, 2.75) is 44.9 Å². The number of aliphatic imine (C=N–C) groups is 1. The van der Waals surface area contributed by atoms with Crippen molar-refractivity contribution in [2.24, 2.45) is 10.7 Å². The molecule has 6 nitrogen and oxygen atoms in total. The lowest BCUT2D eigenvalue weighted by molar-refractivity contribution is 0.100. The monoisotopic (exact) mass is 521 g/mol. The molecule has 2 unspecified atom stereocenters. The summed E-state index contributed by atoms with van der Waals surface area (Å²) < 4.78 is 0. The summed E-state index contributed by atoms with van der Waals surface area (Å²) in [6.07, 6.45) is 2.17. The van der Waals surface area contributed by atoms with Crippen LogP contribution in [-0.2, 0) is 13.1 Å². The van der Waals surface area contributed by atoms with Gasteiger partial charge in [0, 0.05) is 44.3 Å². The topological polar surface area (TPSA) is 82.7 Å². The number of hydrogen-bond acceptors (Lipinski definition) is 3. The van der Waals surface area contributed by atoms with E-state index in [1.165, 1.54) is 5.56 Å². The summed E-state index contributed by atoms with van der Waals surface area (Å²) in [5, 5.41) is 6.92. The Balaban J connectivity index is 0.00000320. The van der Waals surface area contributed by atoms with Gasteiger partial charge in [0.2, 0.25) is 5.91 Å². The molecule has 2 aromatic rings. The van der Waals surface area contributed by atoms with Gasteiger partial charge in [0.05, 0.1) is 0 Å². The van der Waals surface area contributed by atoms with Crippen LogP contribution in [-0.4, -0.2) is 42.4 Å². The van der Waals surface area contributed by atoms with Crippen molar-refractivity contribution >= 4 is 35.8 Å². The number of nitrogens with zero attached hydrogens (tertiary/aromatic N) is 2. The van der Waals surface area contributed by atoms with Crippen LogP contribution in [0.25, 0.3) is 0 Å². The number of nitrogens with two attached hydrogens (primary N) is 1. The molecule has 1 aliphatic heterocycles. The van der Waals surface area contributed by atoms with E-state index in [-0.39, 0.29) is 24.0 Å². The largest absolute Gasteiger partial charge is 0.366 e. The predicted molar refractivity (Wildman–Crippen MR) is 133 cm³/mol. The predicted octanol–water partition coefficient (Wildman–Crippen LogP) is 3.12. The number of hydrogen-bond donors (Lipinski definition) is 3. The highest BCUT2D eigenvalue weighted by molar-refractivity contribution is 14.0. The third-order valence-corrected chi connectivity index (χ3v) is 5.51. The maximum Gasteiger partial charge on any atom is 0.248 e. The molecule has 2 atom stereocenters. The molecule has 0 aromatic heterocycles. The van der Waals surface area contributed by atoms with Crippen molar-refractivity contribution < 1.29 is 4.79 Å². The fraction of sp³-hybridized carbons (Fsp3) is 0.391. The molecule has 0 aliphatic carbocycles. The second-order valence-corrected chi connectivity index (χ2v) is 7.66. The van der Waals surface area contributed by atoms with E-state index in [1.54, 1.807) is 19.2 Å². The fourth-order valence-corrected chi connectivity index (χ4v) is 3.77. The van der Waals surface area contributed by atoms with E-state index in [9.17, 15) is 4.79 Å². The van der Waals surface area contributed by atoms with E-state index in [1.807, 2.05) is 12.1 Å². The van der Waals surface area contributed by atoms with Gasteiger partial charge in [0.15, 0.2) is 5.96 Å². The normalized spacial score (nSPS) is 19.6. The Morgan fingerprint density at radius 2 is 1.83 bits per heavy atom. The summed E-state index contributed by atoms with van der Waals surface area (Å²) in [5.74, 6) is 0.396. The molecule has 4 N–H and O–H groups in total. The molecule has 0 bridgehead atoms. The van der Waals surface area contributed by atoms with Crippen LogP contribution in [0.2, 0.25) is 0 Å². The van der Waals surface area contributed by atoms with E-state index in [2.05, 4.69) is 57.8 Å². The molecule has 1 heterocycles. The van der Waals surface area contributed by atoms with Crippen LogP contribution in [0.3, 0.4) is 0 Å². The van der Waals surface area contributed by atoms with Gasteiger partial charge in [0.1, 0.15) is 0 Å². The van der Waals surface area contributed by atoms with Crippen molar-refractivity contribution in [1.82, 2.24) is 15.5 Å². The number of primary amides is 1. The number of benzene rings is 2. The van der Waals surface area contributed by atoms with Crippen molar-refractivity contribution in [1.29, 1.82) is 0 Å². The number of rotatable bonds is 6. The minimum absolute atomic E-state index is 0. The number of piperidine rings is 1. The van der Waals surface area contributed by atoms with Crippen LogP contribution in [0.4, 0.5) is 0 Å². The molecule has 3 rings (SSSR count). The molecule has 162 valence electrons. The minimum Gasteiger partial charge on any atom is -0.366 e. The van der Waals surface area contributed by atoms with Gasteiger partial charge in [-0.3, -0.25) is 14.7 Å². The summed E-state index contributed by atoms with van der Waals surface area (Å²) in [7, 11) is 1.79. The highest BCUT2D eigenvalue weighted by Crippen LogP contribution is 2.20. The van der Waals surface area contributed by atoms with E-state index >= 15 is 0 Å². The number of amides is 1. The summed E-state index contributed by atoms with van der Waals surface area (Å²) in [6, 6.07) is 18.9. The molecule has 0 saturated carbocycles. The highest BCUT2D eigenvalue weighted by Gasteiger charge is 2.25. The van der Waals surface area contributed by atoms with Gasteiger partial charge in [-0.05, 0) is 43.0 Å². The molecule has 1 aliphatic rings. The number of carbonyl (C=O) groups excluding carboxylic acids is 1. The van der Waals surface area contributed by atoms with Gasteiger partial charge in [-0.1, -0.05) is 42.5 Å². The number of halogens is 1. The van der Waals surface area contributed by atoms with Crippen LogP contribution < -0.4 is 16.4 Å². The van der Waals surface area contributed by atoms with Crippen molar-refractivity contribution in [2.75, 3.05) is 13.6 Å². The zero-order valence-electron chi connectivity index (χ0n) is 17.7. The fourth-order valence-electron chi connectivity index (χ4n) is 3.77. The molecule has 30 heavy (non-hydrogen) atoms. The molecular weight excluding hydrogens is 489 g/mol. The SMILES string of the molecule is CN=C(NCc1ccc(C(N)=O)cc1)NC1CCN(Cc2ccccc2)C(C)C1.I. The molecule has 2 aromatic carbocycles. The summed E-state index contributed by atoms with van der Waals surface area (Å²) in [4.78, 5) is 18.1. The summed E-state index contributed by atoms with van der Waals surface area (Å²) in [6.45, 7) is 5.01. The van der Waals surface area contributed by atoms with Gasteiger partial charge in [-0.2, -0.15) is 0 Å². The number of carbonyl (C=O) groups is 1. The Labute approximate surface area is 196 Å². The van der Waals surface area contributed by atoms with E-state index in [4.69, 9.17) is 5.73 Å². The Morgan fingerprint density at radius 1 is 1.13 bits per heavy atom. The van der Waals surface area contributed by atoms with E-state index < -0.39 is 5.91 Å². The second kappa shape index (κ2) is 11.9. The van der Waals surface area contributed by atoms with Gasteiger partial charge >= 0.3 is 0 Å². The summed E-state index contributed by atoms with van der Waals surface area (Å²) >= 11 is 0. The van der Waals surface area contributed by atoms with Crippen LogP contribution in [0.1, 0.15) is 41.3 Å². The van der Waals surface area contributed by atoms with Gasteiger partial charge < -0.3 is 16.4 Å². The number of nitrogens with one attached hydrogen (secondary N) is 2. The first-order valence-corrected chi connectivity index (χ1v) is 10.2. The zero-order chi connectivity index (χ0) is 20.6. The first-order chi connectivity index (χ1) is 14.0. The van der Waals surface area contributed by atoms with Crippen LogP contribution in [0, 0.1) is 0 Å². The summed E-state index contributed by atoms with van der Waals surface area (Å²) in [5.41, 5.74) is 8.25. The van der Waals surface area contributed by atoms with Crippen LogP contribution in [0.15, 0.2) is 59.6 Å². The number of guanidine groups is 1. The molecule has 0 radical (unpaired) electrons.